The van der Waals surface area contributed by atoms with Gasteiger partial charge in [-0.25, -0.2) is 0 Å². The van der Waals surface area contributed by atoms with Gasteiger partial charge in [0.05, 0.1) is 0 Å². The molecule has 0 aromatic heterocycles. The first-order valence-electron chi connectivity index (χ1n) is 4.12. The minimum absolute atomic E-state index is 0.221. The summed E-state index contributed by atoms with van der Waals surface area (Å²) in [6.45, 7) is 3.63. The first-order chi connectivity index (χ1) is 6.18. The van der Waals surface area contributed by atoms with Crippen molar-refractivity contribution in [2.24, 2.45) is 0 Å². The van der Waals surface area contributed by atoms with Crippen molar-refractivity contribution in [2.45, 2.75) is 13.8 Å². The lowest BCUT2D eigenvalue weighted by Crippen LogP contribution is -2.09. The Morgan fingerprint density at radius 2 is 2.00 bits per heavy atom. The SMILES string of the molecule is CC(=O)OCNc1ccc(C)cc1. The van der Waals surface area contributed by atoms with Crippen LogP contribution in [0, 0.1) is 6.92 Å². The Labute approximate surface area is 77.7 Å². The van der Waals surface area contributed by atoms with Gasteiger partial charge in [0.25, 0.3) is 0 Å². The fraction of sp³-hybridized carbons (Fsp3) is 0.300. The summed E-state index contributed by atoms with van der Waals surface area (Å²) in [5.74, 6) is -0.278. The minimum atomic E-state index is -0.278. The molecular weight excluding hydrogens is 166 g/mol. The highest BCUT2D eigenvalue weighted by Crippen LogP contribution is 2.07. The normalized spacial score (nSPS) is 9.38. The van der Waals surface area contributed by atoms with Crippen LogP contribution in [0.15, 0.2) is 24.3 Å². The number of esters is 1. The van der Waals surface area contributed by atoms with Crippen molar-refractivity contribution in [1.29, 1.82) is 0 Å². The lowest BCUT2D eigenvalue weighted by Gasteiger charge is -2.05. The van der Waals surface area contributed by atoms with E-state index in [1.807, 2.05) is 31.2 Å². The third-order valence-electron chi connectivity index (χ3n) is 1.60. The van der Waals surface area contributed by atoms with E-state index >= 15 is 0 Å². The number of carbonyl (C=O) groups excluding carboxylic acids is 1. The van der Waals surface area contributed by atoms with Crippen LogP contribution in [-0.2, 0) is 9.53 Å². The molecule has 1 aromatic carbocycles. The monoisotopic (exact) mass is 179 g/mol. The van der Waals surface area contributed by atoms with E-state index in [1.54, 1.807) is 0 Å². The van der Waals surface area contributed by atoms with E-state index < -0.39 is 0 Å². The zero-order valence-corrected chi connectivity index (χ0v) is 7.83. The molecule has 1 aromatic rings. The number of nitrogens with one attached hydrogen (secondary N) is 1. The van der Waals surface area contributed by atoms with Crippen molar-refractivity contribution in [3.05, 3.63) is 29.8 Å². The molecule has 0 heterocycles. The highest BCUT2D eigenvalue weighted by atomic mass is 16.5. The summed E-state index contributed by atoms with van der Waals surface area (Å²) in [7, 11) is 0. The minimum Gasteiger partial charge on any atom is -0.445 e. The first-order valence-corrected chi connectivity index (χ1v) is 4.12. The predicted molar refractivity (Wildman–Crippen MR) is 51.4 cm³/mol. The summed E-state index contributed by atoms with van der Waals surface area (Å²) in [4.78, 5) is 10.4. The Morgan fingerprint density at radius 1 is 1.38 bits per heavy atom. The van der Waals surface area contributed by atoms with Crippen molar-refractivity contribution in [2.75, 3.05) is 12.0 Å². The molecule has 0 fully saturated rings. The van der Waals surface area contributed by atoms with Crippen LogP contribution in [0.1, 0.15) is 12.5 Å². The number of hydrogen-bond acceptors (Lipinski definition) is 3. The smallest absolute Gasteiger partial charge is 0.304 e. The molecule has 0 aliphatic carbocycles. The Hall–Kier alpha value is -1.51. The maximum Gasteiger partial charge on any atom is 0.304 e. The van der Waals surface area contributed by atoms with Gasteiger partial charge < -0.3 is 10.1 Å². The number of ether oxygens (including phenoxy) is 1. The van der Waals surface area contributed by atoms with E-state index in [2.05, 4.69) is 5.32 Å². The number of anilines is 1. The van der Waals surface area contributed by atoms with Crippen LogP contribution in [0.2, 0.25) is 0 Å². The third kappa shape index (κ3) is 3.60. The van der Waals surface area contributed by atoms with Crippen LogP contribution in [0.3, 0.4) is 0 Å². The second kappa shape index (κ2) is 4.50. The average molecular weight is 179 g/mol. The van der Waals surface area contributed by atoms with Gasteiger partial charge in [-0.3, -0.25) is 4.79 Å². The van der Waals surface area contributed by atoms with Gasteiger partial charge in [0.1, 0.15) is 0 Å². The number of carbonyl (C=O) groups is 1. The van der Waals surface area contributed by atoms with Crippen LogP contribution < -0.4 is 5.32 Å². The Morgan fingerprint density at radius 3 is 2.54 bits per heavy atom. The van der Waals surface area contributed by atoms with Crippen LogP contribution >= 0.6 is 0 Å². The van der Waals surface area contributed by atoms with Gasteiger partial charge in [0, 0.05) is 12.6 Å². The average Bonchev–Trinajstić information content (AvgIpc) is 2.08. The van der Waals surface area contributed by atoms with Crippen molar-refractivity contribution >= 4 is 11.7 Å². The topological polar surface area (TPSA) is 38.3 Å². The molecule has 0 amide bonds. The van der Waals surface area contributed by atoms with Gasteiger partial charge in [0.15, 0.2) is 6.73 Å². The maximum atomic E-state index is 10.4. The maximum absolute atomic E-state index is 10.4. The Kier molecular flexibility index (Phi) is 3.31. The van der Waals surface area contributed by atoms with E-state index in [0.29, 0.717) is 0 Å². The summed E-state index contributed by atoms with van der Waals surface area (Å²) >= 11 is 0. The molecule has 0 atom stereocenters. The van der Waals surface area contributed by atoms with Crippen molar-refractivity contribution in [3.8, 4) is 0 Å². The number of aryl methyl sites for hydroxylation is 1. The molecular formula is C10H13NO2. The summed E-state index contributed by atoms with van der Waals surface area (Å²) in [6.07, 6.45) is 0. The fourth-order valence-electron chi connectivity index (χ4n) is 0.892. The highest BCUT2D eigenvalue weighted by molar-refractivity contribution is 5.66. The van der Waals surface area contributed by atoms with Crippen molar-refractivity contribution in [3.63, 3.8) is 0 Å². The molecule has 1 N–H and O–H groups in total. The molecule has 0 spiro atoms. The van der Waals surface area contributed by atoms with Gasteiger partial charge in [-0.1, -0.05) is 17.7 Å². The molecule has 0 saturated carbocycles. The molecule has 0 unspecified atom stereocenters. The van der Waals surface area contributed by atoms with Gasteiger partial charge in [-0.15, -0.1) is 0 Å². The molecule has 0 aliphatic heterocycles. The van der Waals surface area contributed by atoms with Crippen LogP contribution in [0.25, 0.3) is 0 Å². The molecule has 3 nitrogen and oxygen atoms in total. The second-order valence-electron chi connectivity index (χ2n) is 2.82. The van der Waals surface area contributed by atoms with Crippen LogP contribution in [0.5, 0.6) is 0 Å². The number of hydrogen-bond donors (Lipinski definition) is 1. The fourth-order valence-corrected chi connectivity index (χ4v) is 0.892. The first kappa shape index (κ1) is 9.58. The third-order valence-corrected chi connectivity index (χ3v) is 1.60. The van der Waals surface area contributed by atoms with Gasteiger partial charge in [-0.05, 0) is 19.1 Å². The molecule has 0 aliphatic rings. The van der Waals surface area contributed by atoms with Crippen LogP contribution in [0.4, 0.5) is 5.69 Å². The second-order valence-corrected chi connectivity index (χ2v) is 2.82. The van der Waals surface area contributed by atoms with Gasteiger partial charge >= 0.3 is 5.97 Å². The number of rotatable bonds is 3. The summed E-state index contributed by atoms with van der Waals surface area (Å²) in [5.41, 5.74) is 2.16. The van der Waals surface area contributed by atoms with E-state index in [0.717, 1.165) is 5.69 Å². The molecule has 1 rings (SSSR count). The zero-order chi connectivity index (χ0) is 9.68. The largest absolute Gasteiger partial charge is 0.445 e. The summed E-state index contributed by atoms with van der Waals surface area (Å²) < 4.78 is 4.73. The standard InChI is InChI=1S/C10H13NO2/c1-8-3-5-10(6-4-8)11-7-13-9(2)12/h3-6,11H,7H2,1-2H3. The van der Waals surface area contributed by atoms with E-state index in [4.69, 9.17) is 4.74 Å². The zero-order valence-electron chi connectivity index (χ0n) is 7.83. The molecule has 13 heavy (non-hydrogen) atoms. The van der Waals surface area contributed by atoms with Gasteiger partial charge in [-0.2, -0.15) is 0 Å². The summed E-state index contributed by atoms with van der Waals surface area (Å²) in [5, 5.41) is 2.96. The quantitative estimate of drug-likeness (QED) is 0.569. The Bertz CT molecular complexity index is 279. The van der Waals surface area contributed by atoms with E-state index in [1.165, 1.54) is 12.5 Å². The lowest BCUT2D eigenvalue weighted by atomic mass is 10.2. The lowest BCUT2D eigenvalue weighted by molar-refractivity contribution is -0.140. The van der Waals surface area contributed by atoms with Crippen LogP contribution in [-0.4, -0.2) is 12.7 Å². The molecule has 0 bridgehead atoms. The Balaban J connectivity index is 2.37. The molecule has 3 heteroatoms. The number of benzene rings is 1. The van der Waals surface area contributed by atoms with E-state index in [-0.39, 0.29) is 12.7 Å². The van der Waals surface area contributed by atoms with Gasteiger partial charge in [0.2, 0.25) is 0 Å². The van der Waals surface area contributed by atoms with E-state index in [9.17, 15) is 4.79 Å². The molecule has 0 saturated heterocycles. The van der Waals surface area contributed by atoms with Crippen molar-refractivity contribution < 1.29 is 9.53 Å². The predicted octanol–water partition coefficient (Wildman–Crippen LogP) is 1.93. The molecule has 70 valence electrons. The molecule has 0 radical (unpaired) electrons. The van der Waals surface area contributed by atoms with Crippen molar-refractivity contribution in [1.82, 2.24) is 0 Å². The highest BCUT2D eigenvalue weighted by Gasteiger charge is 1.92. The summed E-state index contributed by atoms with van der Waals surface area (Å²) in [6, 6.07) is 7.88.